The molecule has 0 atom stereocenters. The predicted molar refractivity (Wildman–Crippen MR) is 82.7 cm³/mol. The molecule has 1 saturated carbocycles. The highest BCUT2D eigenvalue weighted by Crippen LogP contribution is 2.36. The number of hydrogen-bond acceptors (Lipinski definition) is 3. The molecule has 0 radical (unpaired) electrons. The lowest BCUT2D eigenvalue weighted by molar-refractivity contribution is 0.0272. The summed E-state index contributed by atoms with van der Waals surface area (Å²) in [5.74, 6) is 0.305. The molecule has 0 heterocycles. The zero-order valence-corrected chi connectivity index (χ0v) is 13.4. The van der Waals surface area contributed by atoms with Crippen molar-refractivity contribution in [1.82, 2.24) is 9.80 Å². The number of likely N-dealkylation sites (N-methyl/N-ethyl adjacent to an activating group) is 2. The van der Waals surface area contributed by atoms with Crippen molar-refractivity contribution in [2.75, 3.05) is 34.2 Å². The molecule has 0 saturated heterocycles. The fourth-order valence-electron chi connectivity index (χ4n) is 2.84. The highest BCUT2D eigenvalue weighted by Gasteiger charge is 2.39. The van der Waals surface area contributed by atoms with Crippen LogP contribution in [0.1, 0.15) is 46.0 Å². The second-order valence-corrected chi connectivity index (χ2v) is 7.11. The van der Waals surface area contributed by atoms with Crippen LogP contribution in [-0.4, -0.2) is 55.4 Å². The lowest BCUT2D eigenvalue weighted by Crippen LogP contribution is -2.56. The zero-order chi connectivity index (χ0) is 14.7. The van der Waals surface area contributed by atoms with Crippen molar-refractivity contribution in [1.29, 1.82) is 5.41 Å². The first-order valence-electron chi connectivity index (χ1n) is 7.40. The van der Waals surface area contributed by atoms with E-state index < -0.39 is 0 Å². The predicted octanol–water partition coefficient (Wildman–Crippen LogP) is 2.14. The molecule has 3 N–H and O–H groups in total. The van der Waals surface area contributed by atoms with Crippen LogP contribution in [0, 0.1) is 10.8 Å². The summed E-state index contributed by atoms with van der Waals surface area (Å²) in [5.41, 5.74) is 5.87. The van der Waals surface area contributed by atoms with E-state index in [1.165, 1.54) is 19.3 Å². The van der Waals surface area contributed by atoms with Crippen LogP contribution < -0.4 is 5.73 Å². The van der Waals surface area contributed by atoms with Crippen molar-refractivity contribution < 1.29 is 0 Å². The van der Waals surface area contributed by atoms with Crippen LogP contribution >= 0.6 is 0 Å². The van der Waals surface area contributed by atoms with Crippen LogP contribution in [0.25, 0.3) is 0 Å². The van der Waals surface area contributed by atoms with Crippen LogP contribution in [0.15, 0.2) is 0 Å². The van der Waals surface area contributed by atoms with Crippen molar-refractivity contribution in [2.24, 2.45) is 11.1 Å². The lowest BCUT2D eigenvalue weighted by Gasteiger charge is -2.49. The molecule has 1 rings (SSSR count). The fraction of sp³-hybridized carbons (Fsp3) is 0.933. The van der Waals surface area contributed by atoms with E-state index in [0.29, 0.717) is 11.4 Å². The molecule has 0 aromatic carbocycles. The number of amidine groups is 1. The second-order valence-electron chi connectivity index (χ2n) is 7.11. The Balaban J connectivity index is 2.32. The van der Waals surface area contributed by atoms with Crippen LogP contribution in [0.3, 0.4) is 0 Å². The molecule has 4 nitrogen and oxygen atoms in total. The smallest absolute Gasteiger partial charge is 0.0963 e. The molecule has 112 valence electrons. The molecule has 19 heavy (non-hydrogen) atoms. The van der Waals surface area contributed by atoms with Gasteiger partial charge in [0.05, 0.1) is 5.84 Å². The van der Waals surface area contributed by atoms with Gasteiger partial charge in [0, 0.05) is 17.5 Å². The van der Waals surface area contributed by atoms with Crippen molar-refractivity contribution in [2.45, 2.75) is 51.5 Å². The van der Waals surface area contributed by atoms with Gasteiger partial charge in [0.1, 0.15) is 0 Å². The molecule has 4 heteroatoms. The van der Waals surface area contributed by atoms with E-state index in [-0.39, 0.29) is 5.41 Å². The third-order valence-electron chi connectivity index (χ3n) is 4.87. The Morgan fingerprint density at radius 1 is 1.26 bits per heavy atom. The molecule has 1 aliphatic rings. The van der Waals surface area contributed by atoms with Gasteiger partial charge in [0.25, 0.3) is 0 Å². The zero-order valence-electron chi connectivity index (χ0n) is 13.4. The van der Waals surface area contributed by atoms with Crippen molar-refractivity contribution >= 4 is 5.84 Å². The van der Waals surface area contributed by atoms with Crippen molar-refractivity contribution in [3.63, 3.8) is 0 Å². The molecule has 0 bridgehead atoms. The summed E-state index contributed by atoms with van der Waals surface area (Å²) in [6.45, 7) is 6.36. The monoisotopic (exact) mass is 268 g/mol. The molecule has 1 aliphatic carbocycles. The Kier molecular flexibility index (Phi) is 5.39. The van der Waals surface area contributed by atoms with E-state index in [0.717, 1.165) is 25.9 Å². The first kappa shape index (κ1) is 16.4. The molecule has 0 aromatic rings. The van der Waals surface area contributed by atoms with E-state index in [9.17, 15) is 0 Å². The summed E-state index contributed by atoms with van der Waals surface area (Å²) < 4.78 is 0. The molecule has 0 unspecified atom stereocenters. The van der Waals surface area contributed by atoms with Gasteiger partial charge < -0.3 is 15.5 Å². The second kappa shape index (κ2) is 6.23. The highest BCUT2D eigenvalue weighted by molar-refractivity contribution is 5.82. The van der Waals surface area contributed by atoms with Gasteiger partial charge in [0.15, 0.2) is 0 Å². The van der Waals surface area contributed by atoms with Gasteiger partial charge in [-0.3, -0.25) is 5.41 Å². The largest absolute Gasteiger partial charge is 0.387 e. The Morgan fingerprint density at radius 2 is 1.84 bits per heavy atom. The molecular formula is C15H32N4. The Hall–Kier alpha value is -0.610. The average Bonchev–Trinajstić information content (AvgIpc) is 2.22. The summed E-state index contributed by atoms with van der Waals surface area (Å²) in [7, 11) is 6.61. The number of nitrogens with two attached hydrogens (primary N) is 1. The molecular weight excluding hydrogens is 236 g/mol. The van der Waals surface area contributed by atoms with E-state index >= 15 is 0 Å². The Morgan fingerprint density at radius 3 is 2.21 bits per heavy atom. The van der Waals surface area contributed by atoms with E-state index in [1.807, 2.05) is 0 Å². The van der Waals surface area contributed by atoms with Crippen molar-refractivity contribution in [3.8, 4) is 0 Å². The first-order chi connectivity index (χ1) is 8.69. The summed E-state index contributed by atoms with van der Waals surface area (Å²) in [6.07, 6.45) is 6.10. The van der Waals surface area contributed by atoms with E-state index in [1.54, 1.807) is 0 Å². The molecule has 0 aliphatic heterocycles. The van der Waals surface area contributed by atoms with Gasteiger partial charge in [-0.25, -0.2) is 0 Å². The number of hydrogen-bond donors (Lipinski definition) is 2. The standard InChI is InChI=1S/C15H32N4/c1-14(2,13(16)17)8-7-11-19(5)12-15(18(3)4)9-6-10-15/h6-12H2,1-5H3,(H3,16,17). The maximum atomic E-state index is 7.58. The van der Waals surface area contributed by atoms with Crippen LogP contribution in [0.4, 0.5) is 0 Å². The number of nitrogens with one attached hydrogen (secondary N) is 1. The number of rotatable bonds is 8. The van der Waals surface area contributed by atoms with Gasteiger partial charge in [-0.05, 0) is 59.8 Å². The topological polar surface area (TPSA) is 56.4 Å². The van der Waals surface area contributed by atoms with E-state index in [4.69, 9.17) is 11.1 Å². The maximum absolute atomic E-state index is 7.58. The third kappa shape index (κ3) is 4.18. The number of nitrogens with zero attached hydrogens (tertiary/aromatic N) is 2. The summed E-state index contributed by atoms with van der Waals surface area (Å²) in [6, 6.07) is 0. The normalized spacial score (nSPS) is 18.7. The summed E-state index contributed by atoms with van der Waals surface area (Å²) in [5, 5.41) is 7.58. The van der Waals surface area contributed by atoms with Gasteiger partial charge in [-0.1, -0.05) is 13.8 Å². The molecule has 1 fully saturated rings. The Bertz CT molecular complexity index is 305. The summed E-state index contributed by atoms with van der Waals surface area (Å²) >= 11 is 0. The lowest BCUT2D eigenvalue weighted by atomic mass is 9.75. The fourth-order valence-corrected chi connectivity index (χ4v) is 2.84. The minimum Gasteiger partial charge on any atom is -0.387 e. The quantitative estimate of drug-likeness (QED) is 0.524. The van der Waals surface area contributed by atoms with E-state index in [2.05, 4.69) is 44.8 Å². The minimum atomic E-state index is -0.156. The maximum Gasteiger partial charge on any atom is 0.0963 e. The van der Waals surface area contributed by atoms with Gasteiger partial charge >= 0.3 is 0 Å². The van der Waals surface area contributed by atoms with Gasteiger partial charge in [0.2, 0.25) is 0 Å². The first-order valence-corrected chi connectivity index (χ1v) is 7.40. The van der Waals surface area contributed by atoms with Crippen molar-refractivity contribution in [3.05, 3.63) is 0 Å². The highest BCUT2D eigenvalue weighted by atomic mass is 15.2. The average molecular weight is 268 g/mol. The van der Waals surface area contributed by atoms with Crippen LogP contribution in [-0.2, 0) is 0 Å². The summed E-state index contributed by atoms with van der Waals surface area (Å²) in [4.78, 5) is 4.84. The van der Waals surface area contributed by atoms with Gasteiger partial charge in [-0.15, -0.1) is 0 Å². The molecule has 0 spiro atoms. The van der Waals surface area contributed by atoms with Crippen LogP contribution in [0.5, 0.6) is 0 Å². The minimum absolute atomic E-state index is 0.156. The molecule has 0 amide bonds. The SMILES string of the molecule is CN(CCCC(C)(C)C(=N)N)CC1(N(C)C)CCC1. The van der Waals surface area contributed by atoms with Crippen LogP contribution in [0.2, 0.25) is 0 Å². The van der Waals surface area contributed by atoms with Gasteiger partial charge in [-0.2, -0.15) is 0 Å². The molecule has 0 aromatic heterocycles. The Labute approximate surface area is 118 Å². The third-order valence-corrected chi connectivity index (χ3v) is 4.87.